The van der Waals surface area contributed by atoms with Gasteiger partial charge in [0.15, 0.2) is 0 Å². The van der Waals surface area contributed by atoms with Crippen molar-refractivity contribution in [1.82, 2.24) is 9.13 Å². The molecule has 1 aromatic carbocycles. The topological polar surface area (TPSA) is 33.7 Å². The van der Waals surface area contributed by atoms with Gasteiger partial charge in [-0.1, -0.05) is 12.1 Å². The van der Waals surface area contributed by atoms with E-state index >= 15 is 0 Å². The summed E-state index contributed by atoms with van der Waals surface area (Å²) in [5, 5.41) is 7.70. The van der Waals surface area contributed by atoms with E-state index in [1.165, 1.54) is 0 Å². The Labute approximate surface area is 70.4 Å². The molecule has 0 bridgehead atoms. The molecule has 0 spiro atoms. The molecule has 0 aliphatic heterocycles. The van der Waals surface area contributed by atoms with Crippen molar-refractivity contribution in [1.29, 1.82) is 5.41 Å². The minimum absolute atomic E-state index is 0.524. The fraction of sp³-hybridized carbons (Fsp3) is 0.222. The van der Waals surface area contributed by atoms with Crippen molar-refractivity contribution in [2.45, 2.75) is 0 Å². The molecule has 12 heavy (non-hydrogen) atoms. The quantitative estimate of drug-likeness (QED) is 0.598. The summed E-state index contributed by atoms with van der Waals surface area (Å²) in [6.07, 6.45) is 0. The molecular weight excluding hydrogens is 150 g/mol. The number of imidazole rings is 1. The second kappa shape index (κ2) is 2.24. The summed E-state index contributed by atoms with van der Waals surface area (Å²) in [7, 11) is 3.81. The number of aromatic nitrogens is 2. The summed E-state index contributed by atoms with van der Waals surface area (Å²) in [5.41, 5.74) is 2.73. The Morgan fingerprint density at radius 1 is 1.00 bits per heavy atom. The van der Waals surface area contributed by atoms with Gasteiger partial charge in [0.25, 0.3) is 0 Å². The average molecular weight is 161 g/mol. The van der Waals surface area contributed by atoms with Gasteiger partial charge < -0.3 is 9.13 Å². The molecule has 0 radical (unpaired) electrons. The van der Waals surface area contributed by atoms with Crippen LogP contribution in [0.1, 0.15) is 0 Å². The third-order valence-corrected chi connectivity index (χ3v) is 2.24. The van der Waals surface area contributed by atoms with E-state index in [1.807, 2.05) is 47.5 Å². The summed E-state index contributed by atoms with van der Waals surface area (Å²) in [5.74, 6) is 0. The third kappa shape index (κ3) is 0.733. The molecule has 3 nitrogen and oxygen atoms in total. The molecule has 0 aliphatic carbocycles. The highest BCUT2D eigenvalue weighted by Gasteiger charge is 2.01. The minimum Gasteiger partial charge on any atom is -0.313 e. The summed E-state index contributed by atoms with van der Waals surface area (Å²) in [6.45, 7) is 0. The molecule has 2 aromatic rings. The lowest BCUT2D eigenvalue weighted by Crippen LogP contribution is -2.19. The van der Waals surface area contributed by atoms with Crippen molar-refractivity contribution < 1.29 is 0 Å². The van der Waals surface area contributed by atoms with Gasteiger partial charge in [-0.25, -0.2) is 0 Å². The van der Waals surface area contributed by atoms with E-state index in [0.717, 1.165) is 11.0 Å². The van der Waals surface area contributed by atoms with Crippen LogP contribution >= 0.6 is 0 Å². The summed E-state index contributed by atoms with van der Waals surface area (Å²) < 4.78 is 3.74. The zero-order valence-electron chi connectivity index (χ0n) is 7.20. The molecule has 1 N–H and O–H groups in total. The molecule has 3 heteroatoms. The van der Waals surface area contributed by atoms with Gasteiger partial charge in [0.05, 0.1) is 11.0 Å². The van der Waals surface area contributed by atoms with Crippen LogP contribution in [-0.4, -0.2) is 9.13 Å². The van der Waals surface area contributed by atoms with Gasteiger partial charge in [-0.2, -0.15) is 0 Å². The highest BCUT2D eigenvalue weighted by molar-refractivity contribution is 5.75. The van der Waals surface area contributed by atoms with Crippen molar-refractivity contribution >= 4 is 11.0 Å². The first-order valence-electron chi connectivity index (χ1n) is 3.87. The average Bonchev–Trinajstić information content (AvgIpc) is 2.33. The number of para-hydroxylation sites is 2. The molecule has 1 heterocycles. The van der Waals surface area contributed by atoms with Crippen LogP contribution in [0.4, 0.5) is 0 Å². The van der Waals surface area contributed by atoms with Crippen LogP contribution in [0, 0.1) is 5.41 Å². The van der Waals surface area contributed by atoms with Crippen LogP contribution in [0.3, 0.4) is 0 Å². The number of aryl methyl sites for hydroxylation is 2. The molecule has 62 valence electrons. The lowest BCUT2D eigenvalue weighted by atomic mass is 10.3. The molecule has 0 unspecified atom stereocenters. The lowest BCUT2D eigenvalue weighted by Gasteiger charge is -1.91. The highest BCUT2D eigenvalue weighted by atomic mass is 15.1. The zero-order chi connectivity index (χ0) is 8.72. The molecule has 2 rings (SSSR count). The van der Waals surface area contributed by atoms with Crippen molar-refractivity contribution in [3.8, 4) is 0 Å². The van der Waals surface area contributed by atoms with Gasteiger partial charge in [-0.05, 0) is 12.1 Å². The first-order chi connectivity index (χ1) is 5.72. The van der Waals surface area contributed by atoms with Crippen LogP contribution in [0.15, 0.2) is 24.3 Å². The fourth-order valence-corrected chi connectivity index (χ4v) is 1.48. The predicted octanol–water partition coefficient (Wildman–Crippen LogP) is 0.996. The van der Waals surface area contributed by atoms with Gasteiger partial charge in [0, 0.05) is 14.1 Å². The molecule has 0 amide bonds. The van der Waals surface area contributed by atoms with Crippen LogP contribution in [0.5, 0.6) is 0 Å². The van der Waals surface area contributed by atoms with E-state index in [2.05, 4.69) is 0 Å². The number of benzene rings is 1. The summed E-state index contributed by atoms with van der Waals surface area (Å²) >= 11 is 0. The van der Waals surface area contributed by atoms with Gasteiger partial charge in [-0.15, -0.1) is 0 Å². The van der Waals surface area contributed by atoms with E-state index < -0.39 is 0 Å². The molecule has 0 fully saturated rings. The molecule has 1 aromatic heterocycles. The number of hydrogen-bond donors (Lipinski definition) is 1. The molecule has 0 saturated heterocycles. The van der Waals surface area contributed by atoms with Crippen LogP contribution in [0.25, 0.3) is 11.0 Å². The largest absolute Gasteiger partial charge is 0.313 e. The Kier molecular flexibility index (Phi) is 1.33. The predicted molar refractivity (Wildman–Crippen MR) is 47.7 cm³/mol. The first-order valence-corrected chi connectivity index (χ1v) is 3.87. The molecular formula is C9H11N3. The number of fused-ring (bicyclic) bond motifs is 1. The molecule has 0 atom stereocenters. The Bertz CT molecular complexity index is 434. The number of hydrogen-bond acceptors (Lipinski definition) is 1. The Hall–Kier alpha value is -1.51. The monoisotopic (exact) mass is 161 g/mol. The number of nitrogens with one attached hydrogen (secondary N) is 1. The first kappa shape index (κ1) is 7.16. The number of rotatable bonds is 0. The van der Waals surface area contributed by atoms with Crippen molar-refractivity contribution in [2.24, 2.45) is 14.1 Å². The smallest absolute Gasteiger partial charge is 0.202 e. The van der Waals surface area contributed by atoms with Gasteiger partial charge in [-0.3, -0.25) is 5.41 Å². The van der Waals surface area contributed by atoms with E-state index in [4.69, 9.17) is 5.41 Å². The van der Waals surface area contributed by atoms with Crippen LogP contribution < -0.4 is 5.62 Å². The third-order valence-electron chi connectivity index (χ3n) is 2.24. The minimum atomic E-state index is 0.524. The van der Waals surface area contributed by atoms with E-state index in [-0.39, 0.29) is 0 Å². The van der Waals surface area contributed by atoms with E-state index in [1.54, 1.807) is 0 Å². The zero-order valence-corrected chi connectivity index (χ0v) is 7.20. The van der Waals surface area contributed by atoms with Crippen LogP contribution in [-0.2, 0) is 14.1 Å². The number of nitrogens with zero attached hydrogens (tertiary/aromatic N) is 2. The van der Waals surface area contributed by atoms with Crippen LogP contribution in [0.2, 0.25) is 0 Å². The summed E-state index contributed by atoms with van der Waals surface area (Å²) in [4.78, 5) is 0. The van der Waals surface area contributed by atoms with Crippen molar-refractivity contribution in [2.75, 3.05) is 0 Å². The van der Waals surface area contributed by atoms with Gasteiger partial charge >= 0.3 is 0 Å². The van der Waals surface area contributed by atoms with Crippen molar-refractivity contribution in [3.63, 3.8) is 0 Å². The highest BCUT2D eigenvalue weighted by Crippen LogP contribution is 2.08. The van der Waals surface area contributed by atoms with Crippen molar-refractivity contribution in [3.05, 3.63) is 29.9 Å². The maximum absolute atomic E-state index is 7.70. The lowest BCUT2D eigenvalue weighted by molar-refractivity contribution is 0.742. The van der Waals surface area contributed by atoms with E-state index in [0.29, 0.717) is 5.62 Å². The summed E-state index contributed by atoms with van der Waals surface area (Å²) in [6, 6.07) is 8.02. The molecule has 0 aliphatic rings. The normalized spacial score (nSPS) is 10.8. The SMILES string of the molecule is Cn1c(=N)n(C)c2ccccc21. The second-order valence-corrected chi connectivity index (χ2v) is 2.93. The maximum atomic E-state index is 7.70. The maximum Gasteiger partial charge on any atom is 0.202 e. The Balaban J connectivity index is 3.09. The second-order valence-electron chi connectivity index (χ2n) is 2.93. The Morgan fingerprint density at radius 2 is 1.42 bits per heavy atom. The standard InChI is InChI=1S/C9H11N3/c1-11-7-5-3-4-6-8(7)12(2)9(11)10/h3-6,10H,1-2H3. The van der Waals surface area contributed by atoms with Gasteiger partial charge in [0.2, 0.25) is 5.62 Å². The van der Waals surface area contributed by atoms with E-state index in [9.17, 15) is 0 Å². The van der Waals surface area contributed by atoms with Gasteiger partial charge in [0.1, 0.15) is 0 Å². The molecule has 0 saturated carbocycles. The fourth-order valence-electron chi connectivity index (χ4n) is 1.48. The Morgan fingerprint density at radius 3 is 1.83 bits per heavy atom.